The van der Waals surface area contributed by atoms with E-state index < -0.39 is 0 Å². The van der Waals surface area contributed by atoms with E-state index in [1.54, 1.807) is 12.4 Å². The first-order chi connectivity index (χ1) is 8.65. The number of aromatic hydroxyl groups is 1. The van der Waals surface area contributed by atoms with Gasteiger partial charge in [0.1, 0.15) is 10.8 Å². The number of thiazole rings is 1. The minimum Gasteiger partial charge on any atom is -0.506 e. The lowest BCUT2D eigenvalue weighted by Gasteiger charge is -2.04. The first-order valence-corrected chi connectivity index (χ1v) is 7.88. The molecule has 18 heavy (non-hydrogen) atoms. The van der Waals surface area contributed by atoms with Crippen molar-refractivity contribution in [3.05, 3.63) is 31.7 Å². The van der Waals surface area contributed by atoms with Gasteiger partial charge in [-0.25, -0.2) is 15.0 Å². The summed E-state index contributed by atoms with van der Waals surface area (Å²) in [6, 6.07) is 3.83. The van der Waals surface area contributed by atoms with Crippen molar-refractivity contribution >= 4 is 67.0 Å². The number of phenols is 1. The quantitative estimate of drug-likeness (QED) is 0.540. The van der Waals surface area contributed by atoms with Gasteiger partial charge in [-0.3, -0.25) is 0 Å². The van der Waals surface area contributed by atoms with Crippen LogP contribution in [0.5, 0.6) is 5.75 Å². The van der Waals surface area contributed by atoms with Gasteiger partial charge in [-0.2, -0.15) is 0 Å². The number of benzene rings is 1. The summed E-state index contributed by atoms with van der Waals surface area (Å²) >= 11 is 5.76. The summed E-state index contributed by atoms with van der Waals surface area (Å²) < 4.78 is 1.87. The topological polar surface area (TPSA) is 58.9 Å². The lowest BCUT2D eigenvalue weighted by molar-refractivity contribution is 0.473. The van der Waals surface area contributed by atoms with Crippen molar-refractivity contribution in [2.24, 2.45) is 0 Å². The van der Waals surface area contributed by atoms with Gasteiger partial charge in [0.05, 0.1) is 9.13 Å². The number of hydrogen-bond donors (Lipinski definition) is 1. The average molecular weight is 481 g/mol. The SMILES string of the molecule is Oc1c(I)cc(I)cc1-c1nc2nccnc2s1. The second-order valence-corrected chi connectivity index (χ2v) is 6.87. The number of rotatable bonds is 1. The van der Waals surface area contributed by atoms with Gasteiger partial charge < -0.3 is 5.11 Å². The predicted octanol–water partition coefficient (Wildman–Crippen LogP) is 3.67. The smallest absolute Gasteiger partial charge is 0.190 e. The molecule has 1 aromatic carbocycles. The Labute approximate surface area is 134 Å². The molecular formula is C11H5I2N3OS. The Morgan fingerprint density at radius 1 is 1.11 bits per heavy atom. The van der Waals surface area contributed by atoms with Crippen molar-refractivity contribution in [1.29, 1.82) is 0 Å². The maximum Gasteiger partial charge on any atom is 0.190 e. The molecule has 2 heterocycles. The Morgan fingerprint density at radius 3 is 2.67 bits per heavy atom. The van der Waals surface area contributed by atoms with Crippen LogP contribution in [0.15, 0.2) is 24.5 Å². The third kappa shape index (κ3) is 2.18. The van der Waals surface area contributed by atoms with Crippen molar-refractivity contribution in [2.45, 2.75) is 0 Å². The molecule has 0 amide bonds. The van der Waals surface area contributed by atoms with Crippen LogP contribution in [0.3, 0.4) is 0 Å². The molecule has 3 aromatic rings. The monoisotopic (exact) mass is 481 g/mol. The van der Waals surface area contributed by atoms with Gasteiger partial charge in [-0.1, -0.05) is 11.3 Å². The van der Waals surface area contributed by atoms with E-state index in [1.807, 2.05) is 12.1 Å². The van der Waals surface area contributed by atoms with Gasteiger partial charge in [0.15, 0.2) is 10.5 Å². The molecule has 1 N–H and O–H groups in total. The van der Waals surface area contributed by atoms with Crippen molar-refractivity contribution in [3.8, 4) is 16.3 Å². The highest BCUT2D eigenvalue weighted by Gasteiger charge is 2.14. The molecular weight excluding hydrogens is 476 g/mol. The van der Waals surface area contributed by atoms with E-state index in [-0.39, 0.29) is 5.75 Å². The minimum atomic E-state index is 0.259. The van der Waals surface area contributed by atoms with Gasteiger partial charge in [0, 0.05) is 16.0 Å². The van der Waals surface area contributed by atoms with Crippen LogP contribution >= 0.6 is 56.5 Å². The fraction of sp³-hybridized carbons (Fsp3) is 0. The Bertz CT molecular complexity index is 711. The van der Waals surface area contributed by atoms with Gasteiger partial charge in [0.25, 0.3) is 0 Å². The van der Waals surface area contributed by atoms with Gasteiger partial charge in [-0.15, -0.1) is 0 Å². The van der Waals surface area contributed by atoms with Crippen molar-refractivity contribution in [2.75, 3.05) is 0 Å². The highest BCUT2D eigenvalue weighted by Crippen LogP contribution is 2.37. The van der Waals surface area contributed by atoms with Crippen LogP contribution < -0.4 is 0 Å². The molecule has 0 spiro atoms. The zero-order chi connectivity index (χ0) is 12.7. The number of hydrogen-bond acceptors (Lipinski definition) is 5. The van der Waals surface area contributed by atoms with Crippen LogP contribution in [0.25, 0.3) is 21.0 Å². The van der Waals surface area contributed by atoms with Gasteiger partial charge in [0.2, 0.25) is 0 Å². The number of nitrogens with zero attached hydrogens (tertiary/aromatic N) is 3. The summed E-state index contributed by atoms with van der Waals surface area (Å²) in [4.78, 5) is 13.5. The first kappa shape index (κ1) is 12.5. The lowest BCUT2D eigenvalue weighted by atomic mass is 10.2. The Hall–Kier alpha value is -0.550. The molecule has 7 heteroatoms. The Balaban J connectivity index is 2.26. The predicted molar refractivity (Wildman–Crippen MR) is 87.7 cm³/mol. The molecule has 0 aliphatic heterocycles. The number of phenolic OH excluding ortho intramolecular Hbond substituents is 1. The molecule has 0 aliphatic rings. The Morgan fingerprint density at radius 2 is 1.89 bits per heavy atom. The molecule has 0 aliphatic carbocycles. The largest absolute Gasteiger partial charge is 0.506 e. The maximum atomic E-state index is 10.1. The average Bonchev–Trinajstić information content (AvgIpc) is 2.77. The summed E-state index contributed by atoms with van der Waals surface area (Å²) in [5.74, 6) is 0.259. The van der Waals surface area contributed by atoms with Crippen molar-refractivity contribution < 1.29 is 5.11 Å². The van der Waals surface area contributed by atoms with Gasteiger partial charge >= 0.3 is 0 Å². The molecule has 0 saturated carbocycles. The maximum absolute atomic E-state index is 10.1. The molecule has 0 bridgehead atoms. The molecule has 90 valence electrons. The molecule has 0 fully saturated rings. The van der Waals surface area contributed by atoms with Crippen LogP contribution in [-0.2, 0) is 0 Å². The number of aromatic nitrogens is 3. The second-order valence-electron chi connectivity index (χ2n) is 3.49. The molecule has 4 nitrogen and oxygen atoms in total. The summed E-state index contributed by atoms with van der Waals surface area (Å²) in [7, 11) is 0. The van der Waals surface area contributed by atoms with Crippen molar-refractivity contribution in [3.63, 3.8) is 0 Å². The molecule has 0 radical (unpaired) electrons. The van der Waals surface area contributed by atoms with Gasteiger partial charge in [-0.05, 0) is 57.3 Å². The van der Waals surface area contributed by atoms with Crippen molar-refractivity contribution in [1.82, 2.24) is 15.0 Å². The summed E-state index contributed by atoms with van der Waals surface area (Å²) in [6.45, 7) is 0. The van der Waals surface area contributed by atoms with Crippen LogP contribution in [0.4, 0.5) is 0 Å². The summed E-state index contributed by atoms with van der Waals surface area (Å²) in [6.07, 6.45) is 3.26. The van der Waals surface area contributed by atoms with E-state index in [4.69, 9.17) is 0 Å². The summed E-state index contributed by atoms with van der Waals surface area (Å²) in [5.41, 5.74) is 1.35. The van der Waals surface area contributed by atoms with E-state index in [2.05, 4.69) is 60.1 Å². The standard InChI is InChI=1S/C11H5I2N3OS/c12-5-3-6(8(17)7(13)4-5)10-16-9-11(18-10)15-2-1-14-9/h1-4,17H. The van der Waals surface area contributed by atoms with E-state index in [0.29, 0.717) is 5.65 Å². The lowest BCUT2D eigenvalue weighted by Crippen LogP contribution is -1.84. The van der Waals surface area contributed by atoms with Crippen LogP contribution in [-0.4, -0.2) is 20.1 Å². The molecule has 2 aromatic heterocycles. The normalized spacial score (nSPS) is 11.0. The summed E-state index contributed by atoms with van der Waals surface area (Å²) in [5, 5.41) is 10.9. The minimum absolute atomic E-state index is 0.259. The van der Waals surface area contributed by atoms with Crippen LogP contribution in [0, 0.1) is 7.14 Å². The first-order valence-electron chi connectivity index (χ1n) is 4.91. The second kappa shape index (κ2) is 4.85. The highest BCUT2D eigenvalue weighted by atomic mass is 127. The van der Waals surface area contributed by atoms with Crippen LogP contribution in [0.2, 0.25) is 0 Å². The zero-order valence-corrected chi connectivity index (χ0v) is 13.9. The number of halogens is 2. The van der Waals surface area contributed by atoms with E-state index in [1.165, 1.54) is 11.3 Å². The third-order valence-electron chi connectivity index (χ3n) is 2.31. The third-order valence-corrected chi connectivity index (χ3v) is 4.74. The Kier molecular flexibility index (Phi) is 3.36. The highest BCUT2D eigenvalue weighted by molar-refractivity contribution is 14.1. The fourth-order valence-corrected chi connectivity index (χ4v) is 4.25. The molecule has 3 rings (SSSR count). The van der Waals surface area contributed by atoms with E-state index in [9.17, 15) is 5.11 Å². The molecule has 0 saturated heterocycles. The fourth-order valence-electron chi connectivity index (χ4n) is 1.52. The molecule has 0 atom stereocenters. The molecule has 0 unspecified atom stereocenters. The van der Waals surface area contributed by atoms with E-state index >= 15 is 0 Å². The zero-order valence-electron chi connectivity index (χ0n) is 8.76. The van der Waals surface area contributed by atoms with Crippen LogP contribution in [0.1, 0.15) is 0 Å². The number of fused-ring (bicyclic) bond motifs is 1. The van der Waals surface area contributed by atoms with E-state index in [0.717, 1.165) is 22.5 Å².